The van der Waals surface area contributed by atoms with Crippen molar-refractivity contribution in [3.63, 3.8) is 0 Å². The first-order valence-electron chi connectivity index (χ1n) is 4.09. The second-order valence-corrected chi connectivity index (χ2v) is 2.88. The molecule has 1 rings (SSSR count). The van der Waals surface area contributed by atoms with Gasteiger partial charge in [0.15, 0.2) is 0 Å². The molecule has 0 fully saturated rings. The number of aryl methyl sites for hydroxylation is 1. The van der Waals surface area contributed by atoms with Gasteiger partial charge in [-0.25, -0.2) is 0 Å². The summed E-state index contributed by atoms with van der Waals surface area (Å²) in [7, 11) is 0. The number of hydrogen-bond acceptors (Lipinski definition) is 1. The van der Waals surface area contributed by atoms with Crippen LogP contribution in [0.1, 0.15) is 18.1 Å². The third kappa shape index (κ3) is 1.95. The van der Waals surface area contributed by atoms with Crippen molar-refractivity contribution in [3.8, 4) is 0 Å². The molecule has 0 radical (unpaired) electrons. The summed E-state index contributed by atoms with van der Waals surface area (Å²) in [5.41, 5.74) is 3.60. The average molecular weight is 162 g/mol. The lowest BCUT2D eigenvalue weighted by molar-refractivity contribution is 0.343. The molecule has 0 unspecified atom stereocenters. The van der Waals surface area contributed by atoms with Gasteiger partial charge in [0.05, 0.1) is 6.61 Å². The fourth-order valence-corrected chi connectivity index (χ4v) is 1.26. The number of allylic oxidation sites excluding steroid dienone is 1. The van der Waals surface area contributed by atoms with Crippen molar-refractivity contribution in [2.24, 2.45) is 0 Å². The van der Waals surface area contributed by atoms with E-state index in [1.54, 1.807) is 0 Å². The van der Waals surface area contributed by atoms with E-state index in [9.17, 15) is 0 Å². The molecule has 1 aromatic rings. The van der Waals surface area contributed by atoms with Gasteiger partial charge in [-0.3, -0.25) is 0 Å². The van der Waals surface area contributed by atoms with Crippen LogP contribution in [0.3, 0.4) is 0 Å². The van der Waals surface area contributed by atoms with Crippen LogP contribution >= 0.6 is 0 Å². The van der Waals surface area contributed by atoms with E-state index in [0.29, 0.717) is 0 Å². The van der Waals surface area contributed by atoms with Gasteiger partial charge in [-0.05, 0) is 30.5 Å². The molecule has 0 atom stereocenters. The van der Waals surface area contributed by atoms with Crippen molar-refractivity contribution in [1.29, 1.82) is 0 Å². The molecule has 1 heteroatoms. The summed E-state index contributed by atoms with van der Waals surface area (Å²) in [6.07, 6.45) is 1.82. The van der Waals surface area contributed by atoms with Crippen LogP contribution in [0.5, 0.6) is 0 Å². The van der Waals surface area contributed by atoms with Crippen LogP contribution < -0.4 is 0 Å². The molecule has 1 nitrogen and oxygen atoms in total. The maximum Gasteiger partial charge on any atom is 0.0618 e. The van der Waals surface area contributed by atoms with E-state index in [4.69, 9.17) is 5.11 Å². The Hall–Kier alpha value is -1.08. The second-order valence-electron chi connectivity index (χ2n) is 2.88. The summed E-state index contributed by atoms with van der Waals surface area (Å²) in [5, 5.41) is 8.71. The number of aliphatic hydroxyl groups is 1. The molecule has 0 saturated heterocycles. The first-order valence-corrected chi connectivity index (χ1v) is 4.09. The van der Waals surface area contributed by atoms with Gasteiger partial charge < -0.3 is 5.11 Å². The number of rotatable bonds is 2. The van der Waals surface area contributed by atoms with Crippen molar-refractivity contribution in [2.45, 2.75) is 13.8 Å². The van der Waals surface area contributed by atoms with E-state index in [1.165, 1.54) is 11.1 Å². The molecule has 0 aliphatic rings. The number of hydrogen-bond donors (Lipinski definition) is 1. The van der Waals surface area contributed by atoms with Crippen LogP contribution in [0.4, 0.5) is 0 Å². The quantitative estimate of drug-likeness (QED) is 0.708. The van der Waals surface area contributed by atoms with Gasteiger partial charge in [-0.2, -0.15) is 0 Å². The number of aliphatic hydroxyl groups excluding tert-OH is 1. The predicted octanol–water partition coefficient (Wildman–Crippen LogP) is 2.39. The lowest BCUT2D eigenvalue weighted by Crippen LogP contribution is -1.85. The zero-order valence-electron chi connectivity index (χ0n) is 7.54. The fourth-order valence-electron chi connectivity index (χ4n) is 1.26. The zero-order chi connectivity index (χ0) is 8.97. The molecule has 0 heterocycles. The van der Waals surface area contributed by atoms with E-state index in [-0.39, 0.29) is 6.61 Å². The molecule has 0 bridgehead atoms. The van der Waals surface area contributed by atoms with Crippen LogP contribution in [0.15, 0.2) is 30.3 Å². The molecule has 64 valence electrons. The van der Waals surface area contributed by atoms with Crippen molar-refractivity contribution >= 4 is 5.57 Å². The molecular formula is C11H14O. The van der Waals surface area contributed by atoms with Crippen LogP contribution in [-0.4, -0.2) is 11.7 Å². The van der Waals surface area contributed by atoms with E-state index in [1.807, 2.05) is 25.1 Å². The predicted molar refractivity (Wildman–Crippen MR) is 51.9 cm³/mol. The SMILES string of the molecule is C/C(=C/CO)c1ccccc1C. The third-order valence-corrected chi connectivity index (χ3v) is 1.97. The standard InChI is InChI=1S/C11H14O/c1-9-5-3-4-6-11(9)10(2)7-8-12/h3-7,12H,8H2,1-2H3/b10-7-. The fraction of sp³-hybridized carbons (Fsp3) is 0.273. The Labute approximate surface area is 73.4 Å². The highest BCUT2D eigenvalue weighted by molar-refractivity contribution is 5.66. The summed E-state index contributed by atoms with van der Waals surface area (Å²) < 4.78 is 0. The lowest BCUT2D eigenvalue weighted by atomic mass is 10.0. The highest BCUT2D eigenvalue weighted by atomic mass is 16.2. The second kappa shape index (κ2) is 4.07. The molecule has 12 heavy (non-hydrogen) atoms. The van der Waals surface area contributed by atoms with Crippen molar-refractivity contribution < 1.29 is 5.11 Å². The minimum absolute atomic E-state index is 0.111. The van der Waals surface area contributed by atoms with Gasteiger partial charge in [-0.1, -0.05) is 30.3 Å². The molecule has 0 saturated carbocycles. The zero-order valence-corrected chi connectivity index (χ0v) is 7.54. The minimum atomic E-state index is 0.111. The number of benzene rings is 1. The topological polar surface area (TPSA) is 20.2 Å². The first-order chi connectivity index (χ1) is 5.75. The van der Waals surface area contributed by atoms with Crippen LogP contribution in [0.2, 0.25) is 0 Å². The van der Waals surface area contributed by atoms with Crippen LogP contribution in [0.25, 0.3) is 5.57 Å². The summed E-state index contributed by atoms with van der Waals surface area (Å²) >= 11 is 0. The Morgan fingerprint density at radius 3 is 2.67 bits per heavy atom. The highest BCUT2D eigenvalue weighted by Crippen LogP contribution is 2.16. The molecule has 0 amide bonds. The molecule has 0 spiro atoms. The largest absolute Gasteiger partial charge is 0.392 e. The van der Waals surface area contributed by atoms with Crippen LogP contribution in [0, 0.1) is 6.92 Å². The molecule has 1 aromatic carbocycles. The van der Waals surface area contributed by atoms with Gasteiger partial charge in [-0.15, -0.1) is 0 Å². The van der Waals surface area contributed by atoms with E-state index in [2.05, 4.69) is 19.1 Å². The lowest BCUT2D eigenvalue weighted by Gasteiger charge is -2.04. The van der Waals surface area contributed by atoms with Gasteiger partial charge in [0.1, 0.15) is 0 Å². The van der Waals surface area contributed by atoms with Gasteiger partial charge >= 0.3 is 0 Å². The van der Waals surface area contributed by atoms with Gasteiger partial charge in [0.2, 0.25) is 0 Å². The Morgan fingerprint density at radius 2 is 2.08 bits per heavy atom. The third-order valence-electron chi connectivity index (χ3n) is 1.97. The maximum atomic E-state index is 8.71. The summed E-state index contributed by atoms with van der Waals surface area (Å²) in [5.74, 6) is 0. The Balaban J connectivity index is 3.02. The van der Waals surface area contributed by atoms with Gasteiger partial charge in [0.25, 0.3) is 0 Å². The minimum Gasteiger partial charge on any atom is -0.392 e. The molecule has 0 aliphatic heterocycles. The van der Waals surface area contributed by atoms with Gasteiger partial charge in [0, 0.05) is 0 Å². The Bertz CT molecular complexity index is 287. The van der Waals surface area contributed by atoms with E-state index in [0.717, 1.165) is 5.57 Å². The normalized spacial score (nSPS) is 11.8. The summed E-state index contributed by atoms with van der Waals surface area (Å²) in [4.78, 5) is 0. The first kappa shape index (κ1) is 9.01. The van der Waals surface area contributed by atoms with Crippen molar-refractivity contribution in [2.75, 3.05) is 6.61 Å². The Kier molecular flexibility index (Phi) is 3.06. The van der Waals surface area contributed by atoms with E-state index >= 15 is 0 Å². The molecule has 0 aliphatic carbocycles. The highest BCUT2D eigenvalue weighted by Gasteiger charge is 1.96. The molecule has 0 aromatic heterocycles. The van der Waals surface area contributed by atoms with E-state index < -0.39 is 0 Å². The average Bonchev–Trinajstić information content (AvgIpc) is 2.05. The molecular weight excluding hydrogens is 148 g/mol. The summed E-state index contributed by atoms with van der Waals surface area (Å²) in [6.45, 7) is 4.20. The molecule has 1 N–H and O–H groups in total. The van der Waals surface area contributed by atoms with Crippen molar-refractivity contribution in [1.82, 2.24) is 0 Å². The Morgan fingerprint density at radius 1 is 1.42 bits per heavy atom. The summed E-state index contributed by atoms with van der Waals surface area (Å²) in [6, 6.07) is 8.17. The van der Waals surface area contributed by atoms with Crippen molar-refractivity contribution in [3.05, 3.63) is 41.5 Å². The maximum absolute atomic E-state index is 8.71. The van der Waals surface area contributed by atoms with Crippen LogP contribution in [-0.2, 0) is 0 Å². The monoisotopic (exact) mass is 162 g/mol. The smallest absolute Gasteiger partial charge is 0.0618 e.